The van der Waals surface area contributed by atoms with E-state index in [9.17, 15) is 15.0 Å². The molecule has 142 valence electrons. The number of aromatic nitrogens is 2. The van der Waals surface area contributed by atoms with Gasteiger partial charge in [-0.3, -0.25) is 14.3 Å². The Hall–Kier alpha value is -2.64. The van der Waals surface area contributed by atoms with Gasteiger partial charge in [0.2, 0.25) is 5.88 Å². The number of aromatic hydroxyl groups is 1. The number of hydrogen-bond acceptors (Lipinski definition) is 6. The van der Waals surface area contributed by atoms with Gasteiger partial charge in [-0.15, -0.1) is 0 Å². The summed E-state index contributed by atoms with van der Waals surface area (Å²) >= 11 is 1.04. The lowest BCUT2D eigenvalue weighted by Gasteiger charge is -2.12. The van der Waals surface area contributed by atoms with Crippen molar-refractivity contribution < 1.29 is 14.9 Å². The summed E-state index contributed by atoms with van der Waals surface area (Å²) in [5.74, 6) is 0.642. The van der Waals surface area contributed by atoms with Crippen molar-refractivity contribution in [2.45, 2.75) is 25.9 Å². The van der Waals surface area contributed by atoms with E-state index in [1.54, 1.807) is 25.4 Å². The molecule has 2 heterocycles. The second-order valence-electron chi connectivity index (χ2n) is 6.27. The van der Waals surface area contributed by atoms with E-state index in [0.717, 1.165) is 28.9 Å². The van der Waals surface area contributed by atoms with Gasteiger partial charge in [-0.2, -0.15) is 0 Å². The molecule has 1 aromatic carbocycles. The van der Waals surface area contributed by atoms with Gasteiger partial charge in [0.15, 0.2) is 0 Å². The number of nitrogens with zero attached hydrogens (tertiary/aromatic N) is 2. The van der Waals surface area contributed by atoms with Gasteiger partial charge in [-0.1, -0.05) is 36.5 Å². The summed E-state index contributed by atoms with van der Waals surface area (Å²) in [7, 11) is 1.55. The first-order chi connectivity index (χ1) is 13.0. The Kier molecular flexibility index (Phi) is 5.93. The number of hydrogen-bond donors (Lipinski definition) is 2. The molecule has 2 aromatic heterocycles. The Morgan fingerprint density at radius 3 is 2.44 bits per heavy atom. The Balaban J connectivity index is 1.58. The molecule has 0 aliphatic carbocycles. The van der Waals surface area contributed by atoms with E-state index in [1.165, 1.54) is 4.57 Å². The fourth-order valence-corrected chi connectivity index (χ4v) is 3.50. The first-order valence-corrected chi connectivity index (χ1v) is 9.52. The Labute approximate surface area is 161 Å². The smallest absolute Gasteiger partial charge is 0.309 e. The number of pyridine rings is 1. The lowest BCUT2D eigenvalue weighted by atomic mass is 10.1. The average Bonchev–Trinajstić information content (AvgIpc) is 2.94. The van der Waals surface area contributed by atoms with E-state index >= 15 is 0 Å². The zero-order valence-electron chi connectivity index (χ0n) is 15.3. The van der Waals surface area contributed by atoms with Crippen LogP contribution < -0.4 is 9.61 Å². The molecule has 2 N–H and O–H groups in total. The number of aliphatic hydroxyl groups is 1. The number of aryl methyl sites for hydroxylation is 1. The number of aliphatic hydroxyl groups excluding tert-OH is 1. The zero-order valence-corrected chi connectivity index (χ0v) is 16.1. The van der Waals surface area contributed by atoms with Crippen LogP contribution in [0.25, 0.3) is 0 Å². The summed E-state index contributed by atoms with van der Waals surface area (Å²) < 4.78 is 6.88. The minimum absolute atomic E-state index is 0.00930. The maximum atomic E-state index is 11.6. The van der Waals surface area contributed by atoms with Gasteiger partial charge in [0.1, 0.15) is 18.5 Å². The van der Waals surface area contributed by atoms with Gasteiger partial charge in [0.05, 0.1) is 10.6 Å². The molecule has 1 atom stereocenters. The van der Waals surface area contributed by atoms with Crippen LogP contribution in [0.15, 0.2) is 47.4 Å². The maximum absolute atomic E-state index is 11.6. The van der Waals surface area contributed by atoms with E-state index in [4.69, 9.17) is 4.74 Å². The molecule has 7 heteroatoms. The predicted molar refractivity (Wildman–Crippen MR) is 105 cm³/mol. The Morgan fingerprint density at radius 2 is 1.89 bits per heavy atom. The fourth-order valence-electron chi connectivity index (χ4n) is 2.60. The van der Waals surface area contributed by atoms with E-state index in [0.29, 0.717) is 22.7 Å². The van der Waals surface area contributed by atoms with Crippen molar-refractivity contribution >= 4 is 11.3 Å². The van der Waals surface area contributed by atoms with Gasteiger partial charge in [-0.25, -0.2) is 0 Å². The van der Waals surface area contributed by atoms with E-state index in [1.807, 2.05) is 24.3 Å². The SMILES string of the molecule is CCc1ccc(C(O)COc2ccc(Cc3sc(=O)n(C)c3O)cc2)nc1. The number of benzene rings is 1. The molecular weight excluding hydrogens is 364 g/mol. The molecule has 1 unspecified atom stereocenters. The summed E-state index contributed by atoms with van der Waals surface area (Å²) in [5.41, 5.74) is 2.66. The van der Waals surface area contributed by atoms with Crippen molar-refractivity contribution in [1.82, 2.24) is 9.55 Å². The molecule has 27 heavy (non-hydrogen) atoms. The van der Waals surface area contributed by atoms with Crippen LogP contribution in [0.4, 0.5) is 0 Å². The summed E-state index contributed by atoms with van der Waals surface area (Å²) in [6.45, 7) is 2.16. The maximum Gasteiger partial charge on any atom is 0.309 e. The average molecular weight is 386 g/mol. The summed E-state index contributed by atoms with van der Waals surface area (Å²) in [5, 5.41) is 20.1. The van der Waals surface area contributed by atoms with Gasteiger partial charge in [0.25, 0.3) is 0 Å². The van der Waals surface area contributed by atoms with Crippen molar-refractivity contribution in [1.29, 1.82) is 0 Å². The third-order valence-corrected chi connectivity index (χ3v) is 5.37. The van der Waals surface area contributed by atoms with Gasteiger partial charge in [0, 0.05) is 19.7 Å². The topological polar surface area (TPSA) is 84.6 Å². The highest BCUT2D eigenvalue weighted by atomic mass is 32.1. The minimum Gasteiger partial charge on any atom is -0.494 e. The molecule has 0 amide bonds. The largest absolute Gasteiger partial charge is 0.494 e. The molecule has 0 aliphatic rings. The molecule has 0 saturated heterocycles. The first-order valence-electron chi connectivity index (χ1n) is 8.70. The minimum atomic E-state index is -0.797. The van der Waals surface area contributed by atoms with Crippen LogP contribution in [0.5, 0.6) is 11.6 Å². The van der Waals surface area contributed by atoms with Crippen LogP contribution >= 0.6 is 11.3 Å². The van der Waals surface area contributed by atoms with Gasteiger partial charge in [-0.05, 0) is 35.7 Å². The number of ether oxygens (including phenoxy) is 1. The standard InChI is InChI=1S/C20H22N2O4S/c1-3-13-6-9-16(21-11-13)17(23)12-26-15-7-4-14(5-8-15)10-18-19(24)22(2)20(25)27-18/h4-9,11,17,23-24H,3,10,12H2,1-2H3. The van der Waals surface area contributed by atoms with E-state index < -0.39 is 6.10 Å². The molecule has 0 bridgehead atoms. The number of rotatable bonds is 7. The molecule has 3 rings (SSSR count). The normalized spacial score (nSPS) is 12.1. The van der Waals surface area contributed by atoms with Crippen LogP contribution in [0, 0.1) is 0 Å². The van der Waals surface area contributed by atoms with Crippen molar-refractivity contribution in [2.24, 2.45) is 7.05 Å². The predicted octanol–water partition coefficient (Wildman–Crippen LogP) is 2.81. The fraction of sp³-hybridized carbons (Fsp3) is 0.300. The summed E-state index contributed by atoms with van der Waals surface area (Å²) in [6.07, 6.45) is 2.35. The van der Waals surface area contributed by atoms with Gasteiger partial charge < -0.3 is 14.9 Å². The molecule has 0 spiro atoms. The molecular formula is C20H22N2O4S. The summed E-state index contributed by atoms with van der Waals surface area (Å²) in [6, 6.07) is 11.1. The van der Waals surface area contributed by atoms with E-state index in [-0.39, 0.29) is 17.4 Å². The van der Waals surface area contributed by atoms with Crippen LogP contribution in [-0.2, 0) is 19.9 Å². The molecule has 3 aromatic rings. The van der Waals surface area contributed by atoms with Gasteiger partial charge >= 0.3 is 4.87 Å². The van der Waals surface area contributed by atoms with Crippen LogP contribution in [-0.4, -0.2) is 26.4 Å². The Bertz CT molecular complexity index is 946. The van der Waals surface area contributed by atoms with Crippen molar-refractivity contribution in [3.8, 4) is 11.6 Å². The zero-order chi connectivity index (χ0) is 19.4. The van der Waals surface area contributed by atoms with Crippen LogP contribution in [0.3, 0.4) is 0 Å². The molecule has 0 radical (unpaired) electrons. The second kappa shape index (κ2) is 8.37. The third kappa shape index (κ3) is 4.56. The highest BCUT2D eigenvalue weighted by molar-refractivity contribution is 7.09. The lowest BCUT2D eigenvalue weighted by molar-refractivity contribution is 0.104. The molecule has 0 aliphatic heterocycles. The van der Waals surface area contributed by atoms with Crippen molar-refractivity contribution in [3.05, 3.63) is 74.0 Å². The monoisotopic (exact) mass is 386 g/mol. The molecule has 0 fully saturated rings. The van der Waals surface area contributed by atoms with Crippen molar-refractivity contribution in [3.63, 3.8) is 0 Å². The quantitative estimate of drug-likeness (QED) is 0.652. The van der Waals surface area contributed by atoms with Crippen LogP contribution in [0.2, 0.25) is 0 Å². The summed E-state index contributed by atoms with van der Waals surface area (Å²) in [4.78, 5) is 16.3. The third-order valence-electron chi connectivity index (χ3n) is 4.34. The molecule has 6 nitrogen and oxygen atoms in total. The van der Waals surface area contributed by atoms with Crippen molar-refractivity contribution in [2.75, 3.05) is 6.61 Å². The Morgan fingerprint density at radius 1 is 1.19 bits per heavy atom. The molecule has 0 saturated carbocycles. The lowest BCUT2D eigenvalue weighted by Crippen LogP contribution is -2.11. The van der Waals surface area contributed by atoms with Crippen LogP contribution in [0.1, 0.15) is 34.7 Å². The highest BCUT2D eigenvalue weighted by Gasteiger charge is 2.12. The first kappa shape index (κ1) is 19.1. The highest BCUT2D eigenvalue weighted by Crippen LogP contribution is 2.24. The second-order valence-corrected chi connectivity index (χ2v) is 7.31. The number of thiazole rings is 1. The van der Waals surface area contributed by atoms with E-state index in [2.05, 4.69) is 11.9 Å².